The number of ether oxygens (including phenoxy) is 4. The minimum absolute atomic E-state index is 0.0911. The fourth-order valence-corrected chi connectivity index (χ4v) is 8.67. The summed E-state index contributed by atoms with van der Waals surface area (Å²) in [6.07, 6.45) is -2.99. The number of aliphatic hydroxyl groups is 9. The topological polar surface area (TPSA) is 239 Å². The first kappa shape index (κ1) is 45.4. The van der Waals surface area contributed by atoms with Crippen LogP contribution >= 0.6 is 0 Å². The average Bonchev–Trinajstić information content (AvgIpc) is 3.51. The van der Waals surface area contributed by atoms with E-state index in [1.807, 2.05) is 30.3 Å². The fraction of sp³-hybridized carbons (Fsp3) is 0.614. The summed E-state index contributed by atoms with van der Waals surface area (Å²) >= 11 is 0. The summed E-state index contributed by atoms with van der Waals surface area (Å²) in [6.45, 7) is 3.48. The van der Waals surface area contributed by atoms with Gasteiger partial charge < -0.3 is 69.8 Å². The highest BCUT2D eigenvalue weighted by Gasteiger charge is 2.58. The van der Waals surface area contributed by atoms with E-state index in [2.05, 4.69) is 23.1 Å². The van der Waals surface area contributed by atoms with Gasteiger partial charge in [-0.25, -0.2) is 0 Å². The lowest BCUT2D eigenvalue weighted by Gasteiger charge is -2.43. The first-order valence-corrected chi connectivity index (χ1v) is 20.6. The number of nitrogens with zero attached hydrogens (tertiary/aromatic N) is 1. The van der Waals surface area contributed by atoms with Gasteiger partial charge in [0.1, 0.15) is 61.5 Å². The SMILES string of the molecule is CC(C)(C(=O)OC[C@H]1O[C@H](O[C@]2(CO)O[C@H](CO)[C@@H](O)[C@@H]2O)[C@H](O)[C@@H](O)[C@@H]1O)c1ccc(C(O)CCCN2CCC(C(O)(C3=CCCC=C3)c3ccccc3)CC2)cc1. The molecule has 2 aromatic rings. The second kappa shape index (κ2) is 19.3. The molecule has 9 N–H and O–H groups in total. The van der Waals surface area contributed by atoms with Crippen molar-refractivity contribution in [2.45, 2.75) is 124 Å². The third kappa shape index (κ3) is 9.53. The fourth-order valence-electron chi connectivity index (χ4n) is 8.67. The maximum atomic E-state index is 13.4. The summed E-state index contributed by atoms with van der Waals surface area (Å²) in [5, 5.41) is 95.2. The Bertz CT molecular complexity index is 1730. The number of benzene rings is 2. The van der Waals surface area contributed by atoms with Crippen LogP contribution in [0.3, 0.4) is 0 Å². The molecule has 0 radical (unpaired) electrons. The number of piperidine rings is 1. The quantitative estimate of drug-likeness (QED) is 0.107. The maximum Gasteiger partial charge on any atom is 0.316 e. The van der Waals surface area contributed by atoms with Crippen molar-refractivity contribution in [3.8, 4) is 0 Å². The highest BCUT2D eigenvalue weighted by Crippen LogP contribution is 2.44. The molecule has 3 fully saturated rings. The molecule has 3 saturated heterocycles. The molecule has 2 aromatic carbocycles. The van der Waals surface area contributed by atoms with E-state index >= 15 is 0 Å². The lowest BCUT2D eigenvalue weighted by atomic mass is 9.70. The first-order valence-electron chi connectivity index (χ1n) is 20.6. The smallest absolute Gasteiger partial charge is 0.316 e. The Morgan fingerprint density at radius 2 is 1.59 bits per heavy atom. The molecule has 326 valence electrons. The third-order valence-corrected chi connectivity index (χ3v) is 12.6. The van der Waals surface area contributed by atoms with Crippen molar-refractivity contribution in [1.29, 1.82) is 0 Å². The second-order valence-corrected chi connectivity index (χ2v) is 16.8. The molecular weight excluding hydrogens is 766 g/mol. The van der Waals surface area contributed by atoms with Gasteiger partial charge in [0.25, 0.3) is 0 Å². The number of allylic oxidation sites excluding steroid dienone is 2. The van der Waals surface area contributed by atoms with Gasteiger partial charge in [-0.05, 0) is 100 Å². The maximum absolute atomic E-state index is 13.4. The van der Waals surface area contributed by atoms with Crippen molar-refractivity contribution in [2.75, 3.05) is 39.5 Å². The summed E-state index contributed by atoms with van der Waals surface area (Å²) < 4.78 is 22.0. The molecule has 11 atom stereocenters. The minimum atomic E-state index is -2.34. The molecule has 0 spiro atoms. The summed E-state index contributed by atoms with van der Waals surface area (Å²) in [4.78, 5) is 15.8. The minimum Gasteiger partial charge on any atom is -0.462 e. The van der Waals surface area contributed by atoms with Gasteiger partial charge >= 0.3 is 5.97 Å². The van der Waals surface area contributed by atoms with Crippen LogP contribution in [0, 0.1) is 5.92 Å². The molecular formula is C44H61NO14. The van der Waals surface area contributed by atoms with E-state index in [-0.39, 0.29) is 5.92 Å². The van der Waals surface area contributed by atoms with Gasteiger partial charge in [0, 0.05) is 0 Å². The third-order valence-electron chi connectivity index (χ3n) is 12.6. The Labute approximate surface area is 344 Å². The van der Waals surface area contributed by atoms with Crippen LogP contribution in [-0.2, 0) is 34.8 Å². The van der Waals surface area contributed by atoms with E-state index in [0.717, 1.165) is 62.9 Å². The lowest BCUT2D eigenvalue weighted by Crippen LogP contribution is -2.63. The van der Waals surface area contributed by atoms with Crippen molar-refractivity contribution in [2.24, 2.45) is 5.92 Å². The molecule has 2 unspecified atom stereocenters. The Hall–Kier alpha value is -3.13. The van der Waals surface area contributed by atoms with Crippen molar-refractivity contribution in [1.82, 2.24) is 4.90 Å². The first-order chi connectivity index (χ1) is 28.2. The van der Waals surface area contributed by atoms with E-state index in [0.29, 0.717) is 17.5 Å². The van der Waals surface area contributed by atoms with Crippen molar-refractivity contribution < 1.29 is 69.7 Å². The highest BCUT2D eigenvalue weighted by molar-refractivity contribution is 5.82. The van der Waals surface area contributed by atoms with E-state index in [4.69, 9.17) is 18.9 Å². The van der Waals surface area contributed by atoms with E-state index in [9.17, 15) is 50.8 Å². The number of hydrogen-bond donors (Lipinski definition) is 9. The molecule has 1 aliphatic carbocycles. The standard InChI is InChI=1S/C44H61NO14/c1-42(2,41(54)56-25-34-35(49)37(51)38(52)40(57-34)59-43(26-47)39(53)36(50)33(24-46)58-43)28-17-15-27(16-18-28)32(48)14-9-21-45-22-19-31(20-23-45)44(55,29-10-5-3-6-11-29)30-12-7-4-8-13-30/h3,5-7,10-13,15-18,31-40,46-53,55H,4,8-9,14,19-26H2,1-2H3/t32?,33-,34-,35-,36-,37+,38-,39+,40-,43+,44?/m1/s1. The zero-order chi connectivity index (χ0) is 42.5. The molecule has 0 aromatic heterocycles. The van der Waals surface area contributed by atoms with Crippen LogP contribution in [0.15, 0.2) is 78.4 Å². The average molecular weight is 828 g/mol. The van der Waals surface area contributed by atoms with Gasteiger partial charge in [0.2, 0.25) is 5.79 Å². The largest absolute Gasteiger partial charge is 0.462 e. The second-order valence-electron chi connectivity index (χ2n) is 16.8. The lowest BCUT2D eigenvalue weighted by molar-refractivity contribution is -0.383. The predicted octanol–water partition coefficient (Wildman–Crippen LogP) is 0.823. The zero-order valence-corrected chi connectivity index (χ0v) is 33.7. The number of rotatable bonds is 16. The summed E-state index contributed by atoms with van der Waals surface area (Å²) in [6, 6.07) is 17.0. The molecule has 3 aliphatic heterocycles. The van der Waals surface area contributed by atoms with Crippen LogP contribution in [0.5, 0.6) is 0 Å². The highest BCUT2D eigenvalue weighted by atomic mass is 16.8. The van der Waals surface area contributed by atoms with Crippen LogP contribution in [0.1, 0.15) is 75.2 Å². The van der Waals surface area contributed by atoms with Gasteiger partial charge in [0.05, 0.1) is 18.1 Å². The molecule has 4 aliphatic rings. The number of carbonyl (C=O) groups is 1. The van der Waals surface area contributed by atoms with Crippen molar-refractivity contribution in [3.05, 3.63) is 95.1 Å². The molecule has 15 nitrogen and oxygen atoms in total. The Kier molecular flexibility index (Phi) is 14.8. The van der Waals surface area contributed by atoms with Gasteiger partial charge in [-0.2, -0.15) is 0 Å². The van der Waals surface area contributed by atoms with Gasteiger partial charge in [-0.1, -0.05) is 72.8 Å². The van der Waals surface area contributed by atoms with Crippen LogP contribution in [0.4, 0.5) is 0 Å². The van der Waals surface area contributed by atoms with Crippen LogP contribution in [-0.4, -0.2) is 151 Å². The van der Waals surface area contributed by atoms with Gasteiger partial charge in [-0.3, -0.25) is 4.79 Å². The number of carbonyl (C=O) groups excluding carboxylic acids is 1. The molecule has 59 heavy (non-hydrogen) atoms. The zero-order valence-electron chi connectivity index (χ0n) is 33.7. The van der Waals surface area contributed by atoms with E-state index < -0.39 is 97.7 Å². The summed E-state index contributed by atoms with van der Waals surface area (Å²) in [7, 11) is 0. The molecule has 3 heterocycles. The number of likely N-dealkylation sites (tertiary alicyclic amines) is 1. The molecule has 0 bridgehead atoms. The van der Waals surface area contributed by atoms with E-state index in [1.54, 1.807) is 38.1 Å². The van der Waals surface area contributed by atoms with Gasteiger partial charge in [-0.15, -0.1) is 0 Å². The Morgan fingerprint density at radius 3 is 2.20 bits per heavy atom. The van der Waals surface area contributed by atoms with Crippen LogP contribution in [0.25, 0.3) is 0 Å². The predicted molar refractivity (Wildman–Crippen MR) is 212 cm³/mol. The normalized spacial score (nSPS) is 32.4. The van der Waals surface area contributed by atoms with Crippen LogP contribution < -0.4 is 0 Å². The molecule has 0 saturated carbocycles. The Morgan fingerprint density at radius 1 is 0.898 bits per heavy atom. The van der Waals surface area contributed by atoms with Gasteiger partial charge in [0.15, 0.2) is 6.29 Å². The van der Waals surface area contributed by atoms with E-state index in [1.165, 1.54) is 0 Å². The number of hydrogen-bond acceptors (Lipinski definition) is 15. The molecule has 15 heteroatoms. The summed E-state index contributed by atoms with van der Waals surface area (Å²) in [5.74, 6) is -2.95. The Balaban J connectivity index is 0.978. The summed E-state index contributed by atoms with van der Waals surface area (Å²) in [5.41, 5.74) is 0.977. The molecule has 6 rings (SSSR count). The number of esters is 1. The monoisotopic (exact) mass is 827 g/mol. The number of aliphatic hydroxyl groups excluding tert-OH is 8. The molecule has 0 amide bonds. The van der Waals surface area contributed by atoms with Crippen molar-refractivity contribution >= 4 is 5.97 Å². The van der Waals surface area contributed by atoms with Crippen molar-refractivity contribution in [3.63, 3.8) is 0 Å². The van der Waals surface area contributed by atoms with Crippen LogP contribution in [0.2, 0.25) is 0 Å².